The molecule has 0 aliphatic rings. The van der Waals surface area contributed by atoms with Crippen LogP contribution in [0.25, 0.3) is 0 Å². The maximum atomic E-state index is 12.6. The number of phosphoric acid groups is 1. The quantitative estimate of drug-likeness (QED) is 0.0235. The van der Waals surface area contributed by atoms with Gasteiger partial charge in [0.2, 0.25) is 0 Å². The molecule has 0 saturated carbocycles. The molecule has 4 N–H and O–H groups in total. The van der Waals surface area contributed by atoms with E-state index in [2.05, 4.69) is 79.1 Å². The van der Waals surface area contributed by atoms with Crippen molar-refractivity contribution in [1.82, 2.24) is 0 Å². The van der Waals surface area contributed by atoms with Gasteiger partial charge in [-0.05, 0) is 77.0 Å². The second kappa shape index (κ2) is 38.1. The van der Waals surface area contributed by atoms with Crippen LogP contribution in [0.2, 0.25) is 0 Å². The van der Waals surface area contributed by atoms with Crippen molar-refractivity contribution in [2.24, 2.45) is 5.73 Å². The molecule has 0 bridgehead atoms. The number of carbonyl (C=O) groups excluding carboxylic acids is 2. The Morgan fingerprint density at radius 1 is 0.564 bits per heavy atom. The third kappa shape index (κ3) is 37.9. The summed E-state index contributed by atoms with van der Waals surface area (Å²) < 4.78 is 32.6. The van der Waals surface area contributed by atoms with Crippen LogP contribution in [0.5, 0.6) is 0 Å². The summed E-state index contributed by atoms with van der Waals surface area (Å²) in [6.07, 6.45) is 42.8. The van der Waals surface area contributed by atoms with Crippen LogP contribution < -0.4 is 5.73 Å². The number of phosphoric ester groups is 1. The zero-order chi connectivity index (χ0) is 40.7. The van der Waals surface area contributed by atoms with Crippen LogP contribution in [0, 0.1) is 0 Å². The van der Waals surface area contributed by atoms with E-state index in [1.54, 1.807) is 0 Å². The SMILES string of the molecule is CCC/C=C/C/C=C/C/C=C/C/C=C/CCCCCC(=O)OC[C@H](COP(=O)(O)OC[C@H](N)C(=O)O)OC(=O)CCCCCCC/C=C/CCCCCCC. The molecular weight excluding hydrogens is 721 g/mol. The Labute approximate surface area is 332 Å². The molecule has 0 saturated heterocycles. The number of carbonyl (C=O) groups is 3. The van der Waals surface area contributed by atoms with Crippen LogP contribution >= 0.6 is 7.82 Å². The van der Waals surface area contributed by atoms with Gasteiger partial charge in [-0.3, -0.25) is 23.4 Å². The van der Waals surface area contributed by atoms with Crippen LogP contribution in [-0.2, 0) is 37.5 Å². The molecular formula is C43H74NO10P. The lowest BCUT2D eigenvalue weighted by atomic mass is 10.1. The molecule has 12 heteroatoms. The van der Waals surface area contributed by atoms with Gasteiger partial charge in [0, 0.05) is 12.8 Å². The zero-order valence-corrected chi connectivity index (χ0v) is 34.9. The van der Waals surface area contributed by atoms with E-state index in [4.69, 9.17) is 24.8 Å². The minimum absolute atomic E-state index is 0.141. The van der Waals surface area contributed by atoms with Gasteiger partial charge in [0.1, 0.15) is 12.6 Å². The predicted molar refractivity (Wildman–Crippen MR) is 221 cm³/mol. The highest BCUT2D eigenvalue weighted by Crippen LogP contribution is 2.43. The lowest BCUT2D eigenvalue weighted by molar-refractivity contribution is -0.161. The molecule has 0 amide bonds. The molecule has 316 valence electrons. The fraction of sp³-hybridized carbons (Fsp3) is 0.698. The van der Waals surface area contributed by atoms with Gasteiger partial charge in [0.15, 0.2) is 6.10 Å². The average Bonchev–Trinajstić information content (AvgIpc) is 3.16. The molecule has 1 unspecified atom stereocenters. The molecule has 11 nitrogen and oxygen atoms in total. The molecule has 0 fully saturated rings. The number of hydrogen-bond donors (Lipinski definition) is 3. The summed E-state index contributed by atoms with van der Waals surface area (Å²) in [5.74, 6) is -2.44. The van der Waals surface area contributed by atoms with Crippen molar-refractivity contribution in [3.63, 3.8) is 0 Å². The number of hydrogen-bond acceptors (Lipinski definition) is 9. The lowest BCUT2D eigenvalue weighted by Crippen LogP contribution is -2.34. The topological polar surface area (TPSA) is 172 Å². The molecule has 0 aliphatic heterocycles. The number of carboxylic acid groups (broad SMARTS) is 1. The number of nitrogens with two attached hydrogens (primary N) is 1. The number of unbranched alkanes of at least 4 members (excludes halogenated alkanes) is 14. The molecule has 0 radical (unpaired) electrons. The van der Waals surface area contributed by atoms with E-state index in [-0.39, 0.29) is 19.4 Å². The molecule has 0 aromatic rings. The molecule has 0 rings (SSSR count). The number of esters is 2. The highest BCUT2D eigenvalue weighted by atomic mass is 31.2. The van der Waals surface area contributed by atoms with Crippen LogP contribution in [-0.4, -0.2) is 59.9 Å². The van der Waals surface area contributed by atoms with E-state index in [9.17, 15) is 23.8 Å². The largest absolute Gasteiger partial charge is 0.480 e. The second-order valence-corrected chi connectivity index (χ2v) is 15.2. The highest BCUT2D eigenvalue weighted by Gasteiger charge is 2.28. The number of rotatable bonds is 38. The number of ether oxygens (including phenoxy) is 2. The van der Waals surface area contributed by atoms with Gasteiger partial charge in [0.25, 0.3) is 0 Å². The van der Waals surface area contributed by atoms with Gasteiger partial charge in [-0.2, -0.15) is 0 Å². The number of aliphatic carboxylic acids is 1. The van der Waals surface area contributed by atoms with Crippen molar-refractivity contribution in [2.45, 2.75) is 174 Å². The van der Waals surface area contributed by atoms with Gasteiger partial charge in [-0.15, -0.1) is 0 Å². The first kappa shape index (κ1) is 52.2. The fourth-order valence-corrected chi connectivity index (χ4v) is 5.94. The maximum absolute atomic E-state index is 12.6. The summed E-state index contributed by atoms with van der Waals surface area (Å²) >= 11 is 0. The average molecular weight is 796 g/mol. The predicted octanol–water partition coefficient (Wildman–Crippen LogP) is 10.8. The monoisotopic (exact) mass is 796 g/mol. The van der Waals surface area contributed by atoms with Crippen LogP contribution in [0.3, 0.4) is 0 Å². The van der Waals surface area contributed by atoms with E-state index in [1.165, 1.54) is 38.5 Å². The highest BCUT2D eigenvalue weighted by molar-refractivity contribution is 7.47. The van der Waals surface area contributed by atoms with Crippen molar-refractivity contribution in [1.29, 1.82) is 0 Å². The molecule has 0 aliphatic carbocycles. The minimum atomic E-state index is -4.73. The van der Waals surface area contributed by atoms with E-state index in [1.807, 2.05) is 0 Å². The third-order valence-electron chi connectivity index (χ3n) is 8.47. The Bertz CT molecular complexity index is 1170. The summed E-state index contributed by atoms with van der Waals surface area (Å²) in [7, 11) is -4.73. The third-order valence-corrected chi connectivity index (χ3v) is 9.42. The van der Waals surface area contributed by atoms with Crippen molar-refractivity contribution >= 4 is 25.7 Å². The molecule has 0 aromatic heterocycles. The Balaban J connectivity index is 4.47. The molecule has 55 heavy (non-hydrogen) atoms. The van der Waals surface area contributed by atoms with Crippen molar-refractivity contribution in [2.75, 3.05) is 19.8 Å². The molecule has 0 heterocycles. The molecule has 0 spiro atoms. The summed E-state index contributed by atoms with van der Waals surface area (Å²) in [6.45, 7) is 2.67. The van der Waals surface area contributed by atoms with Gasteiger partial charge in [0.05, 0.1) is 13.2 Å². The van der Waals surface area contributed by atoms with Crippen molar-refractivity contribution in [3.8, 4) is 0 Å². The number of carboxylic acids is 1. The Hall–Kier alpha value is -2.82. The second-order valence-electron chi connectivity index (χ2n) is 13.8. The van der Waals surface area contributed by atoms with E-state index in [0.29, 0.717) is 12.8 Å². The first-order chi connectivity index (χ1) is 26.6. The van der Waals surface area contributed by atoms with Crippen LogP contribution in [0.15, 0.2) is 60.8 Å². The minimum Gasteiger partial charge on any atom is -0.480 e. The van der Waals surface area contributed by atoms with Gasteiger partial charge in [-0.1, -0.05) is 132 Å². The first-order valence-corrected chi connectivity index (χ1v) is 22.3. The summed E-state index contributed by atoms with van der Waals surface area (Å²) in [5.41, 5.74) is 5.32. The van der Waals surface area contributed by atoms with E-state index >= 15 is 0 Å². The van der Waals surface area contributed by atoms with Gasteiger partial charge < -0.3 is 25.2 Å². The fourth-order valence-electron chi connectivity index (χ4n) is 5.17. The van der Waals surface area contributed by atoms with Crippen molar-refractivity contribution < 1.29 is 47.5 Å². The maximum Gasteiger partial charge on any atom is 0.472 e. The summed E-state index contributed by atoms with van der Waals surface area (Å²) in [5, 5.41) is 8.88. The summed E-state index contributed by atoms with van der Waals surface area (Å²) in [4.78, 5) is 45.9. The van der Waals surface area contributed by atoms with Gasteiger partial charge in [-0.25, -0.2) is 4.57 Å². The molecule has 0 aromatic carbocycles. The molecule has 3 atom stereocenters. The first-order valence-electron chi connectivity index (χ1n) is 20.8. The normalized spacial score (nSPS) is 14.4. The lowest BCUT2D eigenvalue weighted by Gasteiger charge is -2.20. The van der Waals surface area contributed by atoms with Crippen LogP contribution in [0.1, 0.15) is 162 Å². The standard InChI is InChI=1S/C43H74NO10P/c1-3-5-7-9-11-13-15-17-19-20-21-23-24-26-28-30-32-34-41(45)51-36-39(37-52-55(49,50)53-38-40(44)43(47)48)54-42(46)35-33-31-29-27-25-22-18-16-14-12-10-8-6-4-2/h7,9,13,15-16,18-20,23-24,39-40H,3-6,8,10-12,14,17,21-22,25-38,44H2,1-2H3,(H,47,48)(H,49,50)/b9-7+,15-13+,18-16+,20-19+,24-23+/t39-,40+/m1/s1. The summed E-state index contributed by atoms with van der Waals surface area (Å²) in [6, 6.07) is -1.53. The van der Waals surface area contributed by atoms with E-state index < -0.39 is 51.1 Å². The van der Waals surface area contributed by atoms with Crippen LogP contribution in [0.4, 0.5) is 0 Å². The Morgan fingerprint density at radius 3 is 1.55 bits per heavy atom. The number of allylic oxidation sites excluding steroid dienone is 10. The van der Waals surface area contributed by atoms with Gasteiger partial charge >= 0.3 is 25.7 Å². The Morgan fingerprint density at radius 2 is 1.00 bits per heavy atom. The smallest absolute Gasteiger partial charge is 0.472 e. The zero-order valence-electron chi connectivity index (χ0n) is 34.0. The Kier molecular flexibility index (Phi) is 36.1. The van der Waals surface area contributed by atoms with Crippen molar-refractivity contribution in [3.05, 3.63) is 60.8 Å². The van der Waals surface area contributed by atoms with E-state index in [0.717, 1.165) is 83.5 Å².